The average Bonchev–Trinajstić information content (AvgIpc) is 2.36. The molecule has 2 nitrogen and oxygen atoms in total. The minimum absolute atomic E-state index is 0.00722. The lowest BCUT2D eigenvalue weighted by Gasteiger charge is -2.23. The lowest BCUT2D eigenvalue weighted by atomic mass is 9.90. The Morgan fingerprint density at radius 3 is 2.76 bits per heavy atom. The third-order valence-corrected chi connectivity index (χ3v) is 3.75. The highest BCUT2D eigenvalue weighted by molar-refractivity contribution is 9.10. The predicted molar refractivity (Wildman–Crippen MR) is 70.7 cm³/mol. The van der Waals surface area contributed by atoms with Gasteiger partial charge in [-0.2, -0.15) is 0 Å². The Balaban J connectivity index is 2.28. The van der Waals surface area contributed by atoms with E-state index in [-0.39, 0.29) is 11.9 Å². The van der Waals surface area contributed by atoms with E-state index in [2.05, 4.69) is 27.4 Å². The van der Waals surface area contributed by atoms with Crippen molar-refractivity contribution >= 4 is 15.9 Å². The van der Waals surface area contributed by atoms with E-state index in [4.69, 9.17) is 5.84 Å². The van der Waals surface area contributed by atoms with Crippen molar-refractivity contribution in [3.63, 3.8) is 0 Å². The minimum Gasteiger partial charge on any atom is -0.271 e. The summed E-state index contributed by atoms with van der Waals surface area (Å²) in [5, 5.41) is 0. The molecule has 1 aromatic rings. The van der Waals surface area contributed by atoms with E-state index in [1.165, 1.54) is 24.5 Å². The van der Waals surface area contributed by atoms with Crippen LogP contribution < -0.4 is 11.3 Å². The van der Waals surface area contributed by atoms with Gasteiger partial charge in [0.15, 0.2) is 0 Å². The average molecular weight is 299 g/mol. The first-order chi connectivity index (χ1) is 8.22. The zero-order valence-corrected chi connectivity index (χ0v) is 11.1. The van der Waals surface area contributed by atoms with Crippen LogP contribution in [0.25, 0.3) is 0 Å². The van der Waals surface area contributed by atoms with Gasteiger partial charge in [0.05, 0.1) is 10.5 Å². The number of benzene rings is 1. The standard InChI is InChI=1S/C13H16BrFN2/c14-11-8-10(6-7-12(11)15)13(17-16)9-4-2-1-3-5-9/h4,6-8,13,17H,1-3,5,16H2. The number of halogens is 2. The van der Waals surface area contributed by atoms with Crippen LogP contribution in [-0.2, 0) is 0 Å². The molecule has 0 saturated heterocycles. The van der Waals surface area contributed by atoms with Gasteiger partial charge >= 0.3 is 0 Å². The van der Waals surface area contributed by atoms with Gasteiger partial charge in [-0.05, 0) is 59.3 Å². The summed E-state index contributed by atoms with van der Waals surface area (Å²) in [4.78, 5) is 0. The van der Waals surface area contributed by atoms with Crippen molar-refractivity contribution in [3.05, 3.63) is 45.7 Å². The summed E-state index contributed by atoms with van der Waals surface area (Å²) in [5.41, 5.74) is 5.12. The van der Waals surface area contributed by atoms with Gasteiger partial charge in [0, 0.05) is 0 Å². The normalized spacial score (nSPS) is 17.7. The van der Waals surface area contributed by atoms with Crippen LogP contribution in [0.1, 0.15) is 37.3 Å². The van der Waals surface area contributed by atoms with Gasteiger partial charge in [0.1, 0.15) is 5.82 Å². The predicted octanol–water partition coefficient (Wildman–Crippen LogP) is 3.59. The van der Waals surface area contributed by atoms with E-state index in [0.717, 1.165) is 18.4 Å². The fourth-order valence-electron chi connectivity index (χ4n) is 2.23. The van der Waals surface area contributed by atoms with Crippen LogP contribution >= 0.6 is 15.9 Å². The molecule has 1 aromatic carbocycles. The monoisotopic (exact) mass is 298 g/mol. The van der Waals surface area contributed by atoms with Gasteiger partial charge in [-0.3, -0.25) is 5.84 Å². The summed E-state index contributed by atoms with van der Waals surface area (Å²) in [7, 11) is 0. The first kappa shape index (κ1) is 12.7. The molecule has 17 heavy (non-hydrogen) atoms. The molecule has 0 heterocycles. The third-order valence-electron chi connectivity index (χ3n) is 3.14. The first-order valence-corrected chi connectivity index (χ1v) is 6.61. The van der Waals surface area contributed by atoms with Gasteiger partial charge in [-0.25, -0.2) is 9.82 Å². The molecule has 0 bridgehead atoms. The number of allylic oxidation sites excluding steroid dienone is 1. The van der Waals surface area contributed by atoms with E-state index < -0.39 is 0 Å². The molecule has 4 heteroatoms. The van der Waals surface area contributed by atoms with Crippen LogP contribution in [0, 0.1) is 5.82 Å². The van der Waals surface area contributed by atoms with Crippen LogP contribution in [0.4, 0.5) is 4.39 Å². The number of rotatable bonds is 3. The molecule has 3 N–H and O–H groups in total. The van der Waals surface area contributed by atoms with Crippen LogP contribution in [-0.4, -0.2) is 0 Å². The van der Waals surface area contributed by atoms with Crippen LogP contribution in [0.2, 0.25) is 0 Å². The van der Waals surface area contributed by atoms with Crippen molar-refractivity contribution < 1.29 is 4.39 Å². The fourth-order valence-corrected chi connectivity index (χ4v) is 2.63. The third kappa shape index (κ3) is 2.94. The van der Waals surface area contributed by atoms with Crippen molar-refractivity contribution in [1.29, 1.82) is 0 Å². The maximum atomic E-state index is 13.2. The van der Waals surface area contributed by atoms with Crippen LogP contribution in [0.5, 0.6) is 0 Å². The molecule has 1 unspecified atom stereocenters. The molecule has 0 saturated carbocycles. The highest BCUT2D eigenvalue weighted by atomic mass is 79.9. The summed E-state index contributed by atoms with van der Waals surface area (Å²) < 4.78 is 13.7. The topological polar surface area (TPSA) is 38.0 Å². The quantitative estimate of drug-likeness (QED) is 0.508. The second-order valence-corrected chi connectivity index (χ2v) is 5.15. The van der Waals surface area contributed by atoms with Crippen molar-refractivity contribution in [1.82, 2.24) is 5.43 Å². The summed E-state index contributed by atoms with van der Waals surface area (Å²) in [6.07, 6.45) is 6.85. The first-order valence-electron chi connectivity index (χ1n) is 5.82. The Morgan fingerprint density at radius 2 is 2.18 bits per heavy atom. The van der Waals surface area contributed by atoms with Gasteiger partial charge in [-0.15, -0.1) is 0 Å². The molecule has 1 atom stereocenters. The van der Waals surface area contributed by atoms with Crippen molar-refractivity contribution in [2.45, 2.75) is 31.7 Å². The summed E-state index contributed by atoms with van der Waals surface area (Å²) in [6.45, 7) is 0. The molecule has 0 fully saturated rings. The Bertz CT molecular complexity index is 431. The maximum absolute atomic E-state index is 13.2. The number of hydrogen-bond acceptors (Lipinski definition) is 2. The Labute approximate surface area is 109 Å². The number of nitrogens with two attached hydrogens (primary N) is 1. The molecular formula is C13H16BrFN2. The van der Waals surface area contributed by atoms with Gasteiger partial charge in [0.25, 0.3) is 0 Å². The summed E-state index contributed by atoms with van der Waals surface area (Å²) in [6, 6.07) is 5.02. The second kappa shape index (κ2) is 5.76. The smallest absolute Gasteiger partial charge is 0.137 e. The largest absolute Gasteiger partial charge is 0.271 e. The van der Waals surface area contributed by atoms with Crippen molar-refractivity contribution in [3.8, 4) is 0 Å². The van der Waals surface area contributed by atoms with E-state index in [0.29, 0.717) is 4.47 Å². The molecular weight excluding hydrogens is 283 g/mol. The Kier molecular flexibility index (Phi) is 4.31. The number of hydrazine groups is 1. The van der Waals surface area contributed by atoms with E-state index >= 15 is 0 Å². The molecule has 0 aliphatic heterocycles. The molecule has 2 rings (SSSR count). The molecule has 1 aliphatic carbocycles. The maximum Gasteiger partial charge on any atom is 0.137 e. The van der Waals surface area contributed by atoms with Crippen LogP contribution in [0.3, 0.4) is 0 Å². The number of hydrogen-bond donors (Lipinski definition) is 2. The second-order valence-electron chi connectivity index (χ2n) is 4.30. The molecule has 0 radical (unpaired) electrons. The Hall–Kier alpha value is -0.710. The van der Waals surface area contributed by atoms with Gasteiger partial charge < -0.3 is 0 Å². The fraction of sp³-hybridized carbons (Fsp3) is 0.385. The van der Waals surface area contributed by atoms with E-state index in [1.54, 1.807) is 12.1 Å². The van der Waals surface area contributed by atoms with E-state index in [9.17, 15) is 4.39 Å². The SMILES string of the molecule is NNC(C1=CCCCC1)c1ccc(F)c(Br)c1. The zero-order chi connectivity index (χ0) is 12.3. The molecule has 0 spiro atoms. The van der Waals surface area contributed by atoms with E-state index in [1.807, 2.05) is 0 Å². The van der Waals surface area contributed by atoms with Crippen molar-refractivity contribution in [2.24, 2.45) is 5.84 Å². The lowest BCUT2D eigenvalue weighted by Crippen LogP contribution is -2.30. The molecule has 0 aromatic heterocycles. The number of nitrogens with one attached hydrogen (secondary N) is 1. The van der Waals surface area contributed by atoms with Gasteiger partial charge in [0.2, 0.25) is 0 Å². The van der Waals surface area contributed by atoms with Crippen molar-refractivity contribution in [2.75, 3.05) is 0 Å². The highest BCUT2D eigenvalue weighted by Gasteiger charge is 2.17. The summed E-state index contributed by atoms with van der Waals surface area (Å²) in [5.74, 6) is 5.38. The summed E-state index contributed by atoms with van der Waals surface area (Å²) >= 11 is 3.20. The zero-order valence-electron chi connectivity index (χ0n) is 9.55. The molecule has 1 aliphatic rings. The van der Waals surface area contributed by atoms with Gasteiger partial charge in [-0.1, -0.05) is 17.7 Å². The van der Waals surface area contributed by atoms with Crippen LogP contribution in [0.15, 0.2) is 34.3 Å². The molecule has 92 valence electrons. The highest BCUT2D eigenvalue weighted by Crippen LogP contribution is 2.31. The molecule has 0 amide bonds. The lowest BCUT2D eigenvalue weighted by molar-refractivity contribution is 0.562. The minimum atomic E-state index is -0.248. The Morgan fingerprint density at radius 1 is 1.35 bits per heavy atom.